The van der Waals surface area contributed by atoms with Gasteiger partial charge in [-0.15, -0.1) is 0 Å². The van der Waals surface area contributed by atoms with Crippen LogP contribution in [0.4, 0.5) is 5.69 Å². The summed E-state index contributed by atoms with van der Waals surface area (Å²) >= 11 is 5.95. The number of H-pyrrole nitrogens is 1. The Balaban J connectivity index is 2.00. The molecular weight excluding hydrogens is 320 g/mol. The normalized spacial score (nSPS) is 10.5. The van der Waals surface area contributed by atoms with Crippen LogP contribution in [0, 0.1) is 10.1 Å². The summed E-state index contributed by atoms with van der Waals surface area (Å²) in [5, 5.41) is 18.6. The minimum absolute atomic E-state index is 0.134. The Bertz CT molecular complexity index is 879. The van der Waals surface area contributed by atoms with Gasteiger partial charge in [0.1, 0.15) is 0 Å². The van der Waals surface area contributed by atoms with Crippen molar-refractivity contribution in [2.45, 2.75) is 0 Å². The van der Waals surface area contributed by atoms with Crippen molar-refractivity contribution >= 4 is 17.3 Å². The average molecular weight is 331 g/mol. The van der Waals surface area contributed by atoms with Crippen LogP contribution in [0.15, 0.2) is 42.5 Å². The monoisotopic (exact) mass is 330 g/mol. The van der Waals surface area contributed by atoms with Crippen molar-refractivity contribution in [2.75, 3.05) is 7.11 Å². The molecule has 23 heavy (non-hydrogen) atoms. The number of halogens is 1. The number of aromatic nitrogens is 3. The zero-order valence-corrected chi connectivity index (χ0v) is 12.7. The Morgan fingerprint density at radius 1 is 1.22 bits per heavy atom. The molecule has 3 rings (SSSR count). The van der Waals surface area contributed by atoms with Crippen molar-refractivity contribution in [1.82, 2.24) is 15.2 Å². The fraction of sp³-hybridized carbons (Fsp3) is 0.0667. The SMILES string of the molecule is COc1ccc(-c2nc(-c3cccc(Cl)c3)n[nH]2)cc1[N+](=O)[O-]. The van der Waals surface area contributed by atoms with E-state index in [1.165, 1.54) is 19.2 Å². The molecule has 0 amide bonds. The smallest absolute Gasteiger partial charge is 0.311 e. The van der Waals surface area contributed by atoms with E-state index in [0.29, 0.717) is 22.2 Å². The number of nitrogens with one attached hydrogen (secondary N) is 1. The standard InChI is InChI=1S/C15H11ClN4O3/c1-23-13-6-5-10(8-12(13)20(21)22)15-17-14(18-19-15)9-3-2-4-11(16)7-9/h2-8H,1H3,(H,17,18,19). The molecule has 0 spiro atoms. The molecule has 0 aliphatic carbocycles. The summed E-state index contributed by atoms with van der Waals surface area (Å²) in [6.07, 6.45) is 0. The molecule has 0 bridgehead atoms. The minimum atomic E-state index is -0.503. The highest BCUT2D eigenvalue weighted by Crippen LogP contribution is 2.31. The number of hydrogen-bond acceptors (Lipinski definition) is 5. The van der Waals surface area contributed by atoms with Gasteiger partial charge >= 0.3 is 5.69 Å². The Morgan fingerprint density at radius 3 is 2.74 bits per heavy atom. The van der Waals surface area contributed by atoms with E-state index in [2.05, 4.69) is 15.2 Å². The van der Waals surface area contributed by atoms with Gasteiger partial charge in [0.05, 0.1) is 12.0 Å². The van der Waals surface area contributed by atoms with Crippen LogP contribution in [0.1, 0.15) is 0 Å². The van der Waals surface area contributed by atoms with Crippen LogP contribution in [0.5, 0.6) is 5.75 Å². The quantitative estimate of drug-likeness (QED) is 0.581. The summed E-state index contributed by atoms with van der Waals surface area (Å²) in [5.74, 6) is 1.07. The third kappa shape index (κ3) is 3.00. The van der Waals surface area contributed by atoms with Gasteiger partial charge in [-0.3, -0.25) is 15.2 Å². The zero-order chi connectivity index (χ0) is 16.4. The lowest BCUT2D eigenvalue weighted by molar-refractivity contribution is -0.385. The third-order valence-corrected chi connectivity index (χ3v) is 3.45. The van der Waals surface area contributed by atoms with E-state index in [0.717, 1.165) is 5.56 Å². The lowest BCUT2D eigenvalue weighted by Crippen LogP contribution is -1.94. The maximum Gasteiger partial charge on any atom is 0.311 e. The number of nitrogens with zero attached hydrogens (tertiary/aromatic N) is 3. The summed E-state index contributed by atoms with van der Waals surface area (Å²) in [5.41, 5.74) is 1.16. The van der Waals surface area contributed by atoms with Crippen LogP contribution in [-0.4, -0.2) is 27.2 Å². The molecule has 0 aliphatic heterocycles. The number of aromatic amines is 1. The van der Waals surface area contributed by atoms with Crippen LogP contribution in [0.2, 0.25) is 5.02 Å². The summed E-state index contributed by atoms with van der Waals surface area (Å²) in [4.78, 5) is 14.9. The lowest BCUT2D eigenvalue weighted by atomic mass is 10.1. The maximum absolute atomic E-state index is 11.1. The molecule has 0 fully saturated rings. The molecule has 0 unspecified atom stereocenters. The summed E-state index contributed by atoms with van der Waals surface area (Å²) < 4.78 is 4.98. The first-order valence-corrected chi connectivity index (χ1v) is 6.97. The van der Waals surface area contributed by atoms with E-state index in [1.54, 1.807) is 24.3 Å². The first-order valence-electron chi connectivity index (χ1n) is 6.59. The second-order valence-electron chi connectivity index (χ2n) is 4.66. The van der Waals surface area contributed by atoms with Gasteiger partial charge in [-0.1, -0.05) is 23.7 Å². The molecule has 0 radical (unpaired) electrons. The first kappa shape index (κ1) is 15.0. The lowest BCUT2D eigenvalue weighted by Gasteiger charge is -2.02. The van der Waals surface area contributed by atoms with E-state index in [4.69, 9.17) is 16.3 Å². The molecule has 2 aromatic carbocycles. The van der Waals surface area contributed by atoms with E-state index < -0.39 is 4.92 Å². The molecule has 0 aliphatic rings. The predicted molar refractivity (Wildman–Crippen MR) is 85.5 cm³/mol. The number of benzene rings is 2. The molecule has 8 heteroatoms. The molecule has 0 saturated heterocycles. The zero-order valence-electron chi connectivity index (χ0n) is 12.0. The van der Waals surface area contributed by atoms with E-state index in [9.17, 15) is 10.1 Å². The van der Waals surface area contributed by atoms with Crippen LogP contribution < -0.4 is 4.74 Å². The summed E-state index contributed by atoms with van der Waals surface area (Å²) in [6, 6.07) is 11.7. The minimum Gasteiger partial charge on any atom is -0.490 e. The Labute approximate surface area is 136 Å². The molecule has 3 aromatic rings. The van der Waals surface area contributed by atoms with Crippen LogP contribution in [-0.2, 0) is 0 Å². The van der Waals surface area contributed by atoms with Crippen LogP contribution in [0.3, 0.4) is 0 Å². The number of ether oxygens (including phenoxy) is 1. The molecule has 1 heterocycles. The van der Waals surface area contributed by atoms with Gasteiger partial charge in [0.2, 0.25) is 0 Å². The largest absolute Gasteiger partial charge is 0.490 e. The number of nitro groups is 1. The molecular formula is C15H11ClN4O3. The highest BCUT2D eigenvalue weighted by Gasteiger charge is 2.17. The van der Waals surface area contributed by atoms with Gasteiger partial charge in [0.15, 0.2) is 17.4 Å². The Kier molecular flexibility index (Phi) is 3.94. The van der Waals surface area contributed by atoms with Crippen LogP contribution >= 0.6 is 11.6 Å². The predicted octanol–water partition coefficient (Wildman–Crippen LogP) is 3.71. The Hall–Kier alpha value is -2.93. The number of methoxy groups -OCH3 is 1. The molecule has 0 saturated carbocycles. The van der Waals surface area contributed by atoms with Gasteiger partial charge in [-0.25, -0.2) is 4.98 Å². The second kappa shape index (κ2) is 6.05. The fourth-order valence-corrected chi connectivity index (χ4v) is 2.32. The second-order valence-corrected chi connectivity index (χ2v) is 5.10. The van der Waals surface area contributed by atoms with Crippen molar-refractivity contribution in [3.63, 3.8) is 0 Å². The van der Waals surface area contributed by atoms with Crippen molar-refractivity contribution in [1.29, 1.82) is 0 Å². The molecule has 1 N–H and O–H groups in total. The van der Waals surface area contributed by atoms with E-state index in [-0.39, 0.29) is 11.4 Å². The number of rotatable bonds is 4. The molecule has 7 nitrogen and oxygen atoms in total. The number of nitro benzene ring substituents is 1. The van der Waals surface area contributed by atoms with Crippen LogP contribution in [0.25, 0.3) is 22.8 Å². The van der Waals surface area contributed by atoms with Gasteiger partial charge in [-0.05, 0) is 24.3 Å². The summed E-state index contributed by atoms with van der Waals surface area (Å²) in [6.45, 7) is 0. The highest BCUT2D eigenvalue weighted by molar-refractivity contribution is 6.30. The van der Waals surface area contributed by atoms with Gasteiger partial charge < -0.3 is 4.74 Å². The Morgan fingerprint density at radius 2 is 2.04 bits per heavy atom. The fourth-order valence-electron chi connectivity index (χ4n) is 2.13. The van der Waals surface area contributed by atoms with Gasteiger partial charge in [0.25, 0.3) is 0 Å². The molecule has 0 atom stereocenters. The van der Waals surface area contributed by atoms with Crippen molar-refractivity contribution in [3.05, 3.63) is 57.6 Å². The van der Waals surface area contributed by atoms with E-state index in [1.807, 2.05) is 6.07 Å². The van der Waals surface area contributed by atoms with Gasteiger partial charge in [-0.2, -0.15) is 5.10 Å². The maximum atomic E-state index is 11.1. The highest BCUT2D eigenvalue weighted by atomic mass is 35.5. The molecule has 116 valence electrons. The van der Waals surface area contributed by atoms with Gasteiger partial charge in [0, 0.05) is 22.2 Å². The number of hydrogen-bond donors (Lipinski definition) is 1. The topological polar surface area (TPSA) is 93.9 Å². The first-order chi connectivity index (χ1) is 11.1. The molecule has 1 aromatic heterocycles. The van der Waals surface area contributed by atoms with Crippen molar-refractivity contribution < 1.29 is 9.66 Å². The van der Waals surface area contributed by atoms with Crippen molar-refractivity contribution in [2.24, 2.45) is 0 Å². The van der Waals surface area contributed by atoms with E-state index >= 15 is 0 Å². The summed E-state index contributed by atoms with van der Waals surface area (Å²) in [7, 11) is 1.38. The van der Waals surface area contributed by atoms with Crippen molar-refractivity contribution in [3.8, 4) is 28.5 Å². The third-order valence-electron chi connectivity index (χ3n) is 3.22. The average Bonchev–Trinajstić information content (AvgIpc) is 3.04.